The molecule has 1 aromatic carbocycles. The number of rotatable bonds is 7. The Hall–Kier alpha value is -2.33. The number of nitrogens with zero attached hydrogens (tertiary/aromatic N) is 3. The van der Waals surface area contributed by atoms with Gasteiger partial charge in [-0.2, -0.15) is 4.98 Å². The van der Waals surface area contributed by atoms with Gasteiger partial charge in [0, 0.05) is 31.7 Å². The number of aliphatic hydroxyl groups is 3. The Morgan fingerprint density at radius 3 is 2.47 bits per heavy atom. The number of fused-ring (bicyclic) bond motifs is 1. The second-order valence-electron chi connectivity index (χ2n) is 9.62. The van der Waals surface area contributed by atoms with Crippen LogP contribution in [0.5, 0.6) is 0 Å². The third-order valence-corrected chi connectivity index (χ3v) is 9.41. The molecule has 15 heteroatoms. The van der Waals surface area contributed by atoms with E-state index in [1.165, 1.54) is 21.9 Å². The highest BCUT2D eigenvalue weighted by Crippen LogP contribution is 2.34. The van der Waals surface area contributed by atoms with E-state index in [-0.39, 0.29) is 42.4 Å². The van der Waals surface area contributed by atoms with Crippen LogP contribution in [0.4, 0.5) is 11.8 Å². The van der Waals surface area contributed by atoms with Crippen molar-refractivity contribution in [2.45, 2.75) is 43.6 Å². The van der Waals surface area contributed by atoms with Gasteiger partial charge in [-0.05, 0) is 31.4 Å². The van der Waals surface area contributed by atoms with Gasteiger partial charge in [0.1, 0.15) is 22.5 Å². The van der Waals surface area contributed by atoms with Crippen molar-refractivity contribution >= 4 is 55.7 Å². The third kappa shape index (κ3) is 5.81. The molecule has 5 rings (SSSR count). The number of thiazole rings is 1. The molecule has 1 saturated heterocycles. The molecule has 1 aliphatic heterocycles. The van der Waals surface area contributed by atoms with Crippen LogP contribution in [0, 0.1) is 5.92 Å². The number of hydrogen-bond donors (Lipinski definition) is 6. The molecule has 3 heterocycles. The van der Waals surface area contributed by atoms with Crippen molar-refractivity contribution in [3.05, 3.63) is 34.6 Å². The van der Waals surface area contributed by atoms with Gasteiger partial charge in [0.25, 0.3) is 5.56 Å². The molecule has 4 atom stereocenters. The van der Waals surface area contributed by atoms with Crippen molar-refractivity contribution in [2.75, 3.05) is 36.6 Å². The normalized spacial score (nSPS) is 24.8. The second-order valence-corrected chi connectivity index (χ2v) is 12.6. The number of piperidine rings is 1. The number of aliphatic hydroxyl groups excluding tert-OH is 3. The van der Waals surface area contributed by atoms with Crippen LogP contribution in [-0.4, -0.2) is 93.2 Å². The first-order valence-corrected chi connectivity index (χ1v) is 14.8. The number of aromatic nitrogens is 3. The molecular formula is C23H31ClN6O6S2. The van der Waals surface area contributed by atoms with Crippen molar-refractivity contribution in [1.82, 2.24) is 19.3 Å². The summed E-state index contributed by atoms with van der Waals surface area (Å²) in [5.74, 6) is -0.0892. The Bertz CT molecular complexity index is 1410. The van der Waals surface area contributed by atoms with Crippen LogP contribution in [-0.2, 0) is 10.0 Å². The van der Waals surface area contributed by atoms with Crippen LogP contribution in [0.3, 0.4) is 0 Å². The molecule has 2 aliphatic rings. The van der Waals surface area contributed by atoms with E-state index in [0.29, 0.717) is 37.4 Å². The van der Waals surface area contributed by atoms with E-state index in [4.69, 9.17) is 0 Å². The summed E-state index contributed by atoms with van der Waals surface area (Å²) in [6.45, 7) is 0.456. The number of H-pyrrole nitrogens is 1. The molecule has 12 nitrogen and oxygen atoms in total. The minimum Gasteiger partial charge on any atom is -0.396 e. The maximum atomic E-state index is 13.4. The van der Waals surface area contributed by atoms with Crippen LogP contribution in [0.15, 0.2) is 29.1 Å². The summed E-state index contributed by atoms with van der Waals surface area (Å²) in [5, 5.41) is 37.2. The zero-order valence-electron chi connectivity index (χ0n) is 20.6. The summed E-state index contributed by atoms with van der Waals surface area (Å²) in [5.41, 5.74) is 0.525. The molecule has 2 fully saturated rings. The fraction of sp³-hybridized carbons (Fsp3) is 0.522. The highest BCUT2D eigenvalue weighted by Gasteiger charge is 2.41. The lowest BCUT2D eigenvalue weighted by atomic mass is 10.1. The average Bonchev–Trinajstić information content (AvgIpc) is 3.39. The average molecular weight is 587 g/mol. The third-order valence-electron chi connectivity index (χ3n) is 7.05. The zero-order valence-corrected chi connectivity index (χ0v) is 23.0. The molecular weight excluding hydrogens is 556 g/mol. The largest absolute Gasteiger partial charge is 0.396 e. The summed E-state index contributed by atoms with van der Waals surface area (Å²) in [4.78, 5) is 25.4. The molecule has 0 radical (unpaired) electrons. The van der Waals surface area contributed by atoms with Crippen molar-refractivity contribution in [3.8, 4) is 10.6 Å². The van der Waals surface area contributed by atoms with E-state index in [2.05, 4.69) is 25.6 Å². The molecule has 0 spiro atoms. The minimum atomic E-state index is -3.26. The molecule has 1 saturated carbocycles. The Kier molecular flexibility index (Phi) is 8.62. The topological polar surface area (TPSA) is 181 Å². The second kappa shape index (κ2) is 11.4. The zero-order chi connectivity index (χ0) is 26.3. The van der Waals surface area contributed by atoms with Gasteiger partial charge in [-0.25, -0.2) is 17.7 Å². The molecule has 3 aromatic rings. The van der Waals surface area contributed by atoms with E-state index >= 15 is 0 Å². The molecule has 38 heavy (non-hydrogen) atoms. The standard InChI is InChI=1S/C23H30N6O6S2.ClH/c1-37(34,35)29-8-6-13(7-9-29)24-23-27-20(25-15-10-12(11-30)18(31)19(15)32)17(21(33)28-23)22-26-14-4-2-3-5-16(14)36-22;/h2-5,12-13,15,18-19,30-32H,6-11H2,1H3,(H3,24,25,27,28,33);1H/t12-,15-,18-,19+;/m1./s1. The molecule has 208 valence electrons. The fourth-order valence-corrected chi connectivity index (χ4v) is 6.86. The van der Waals surface area contributed by atoms with Crippen LogP contribution in [0.1, 0.15) is 19.3 Å². The summed E-state index contributed by atoms with van der Waals surface area (Å²) >= 11 is 1.34. The molecule has 0 unspecified atom stereocenters. The van der Waals surface area contributed by atoms with Crippen molar-refractivity contribution < 1.29 is 23.7 Å². The van der Waals surface area contributed by atoms with Gasteiger partial charge in [0.2, 0.25) is 16.0 Å². The van der Waals surface area contributed by atoms with Crippen LogP contribution >= 0.6 is 23.7 Å². The number of benzene rings is 1. The maximum absolute atomic E-state index is 13.4. The predicted molar refractivity (Wildman–Crippen MR) is 148 cm³/mol. The number of aromatic amines is 1. The minimum absolute atomic E-state index is 0. The summed E-state index contributed by atoms with van der Waals surface area (Å²) in [7, 11) is -3.26. The SMILES string of the molecule is CS(=O)(=O)N1CCC(Nc2nc(N[C@@H]3C[C@H](CO)[C@@H](O)[C@H]3O)c(-c3nc4ccccc4s3)c(=O)[nH]2)CC1.Cl. The van der Waals surface area contributed by atoms with Crippen LogP contribution in [0.25, 0.3) is 20.8 Å². The van der Waals surface area contributed by atoms with E-state index in [1.807, 2.05) is 24.3 Å². The predicted octanol–water partition coefficient (Wildman–Crippen LogP) is 0.819. The Morgan fingerprint density at radius 2 is 1.84 bits per heavy atom. The fourth-order valence-electron chi connectivity index (χ4n) is 4.97. The number of para-hydroxylation sites is 1. The monoisotopic (exact) mass is 586 g/mol. The molecule has 0 amide bonds. The number of hydrogen-bond acceptors (Lipinski definition) is 11. The van der Waals surface area contributed by atoms with Crippen molar-refractivity contribution in [1.29, 1.82) is 0 Å². The first-order valence-electron chi connectivity index (χ1n) is 12.1. The van der Waals surface area contributed by atoms with Gasteiger partial charge in [-0.3, -0.25) is 9.78 Å². The molecule has 0 bridgehead atoms. The lowest BCUT2D eigenvalue weighted by Crippen LogP contribution is -2.42. The van der Waals surface area contributed by atoms with E-state index in [0.717, 1.165) is 10.2 Å². The number of nitrogens with one attached hydrogen (secondary N) is 3. The van der Waals surface area contributed by atoms with Crippen LogP contribution in [0.2, 0.25) is 0 Å². The summed E-state index contributed by atoms with van der Waals surface area (Å²) in [6.07, 6.45) is 0.315. The first kappa shape index (κ1) is 28.7. The van der Waals surface area contributed by atoms with Gasteiger partial charge in [0.05, 0.1) is 28.6 Å². The lowest BCUT2D eigenvalue weighted by Gasteiger charge is -2.30. The molecule has 1 aliphatic carbocycles. The number of anilines is 2. The van der Waals surface area contributed by atoms with Crippen LogP contribution < -0.4 is 16.2 Å². The van der Waals surface area contributed by atoms with Gasteiger partial charge in [-0.1, -0.05) is 12.1 Å². The van der Waals surface area contributed by atoms with Crippen molar-refractivity contribution in [3.63, 3.8) is 0 Å². The van der Waals surface area contributed by atoms with Gasteiger partial charge >= 0.3 is 0 Å². The van der Waals surface area contributed by atoms with E-state index in [1.54, 1.807) is 0 Å². The highest BCUT2D eigenvalue weighted by atomic mass is 35.5. The van der Waals surface area contributed by atoms with Crippen molar-refractivity contribution in [2.24, 2.45) is 5.92 Å². The van der Waals surface area contributed by atoms with Gasteiger partial charge in [0.15, 0.2) is 0 Å². The van der Waals surface area contributed by atoms with Gasteiger partial charge in [-0.15, -0.1) is 23.7 Å². The lowest BCUT2D eigenvalue weighted by molar-refractivity contribution is 0.00446. The first-order chi connectivity index (χ1) is 17.6. The number of sulfonamides is 1. The van der Waals surface area contributed by atoms with Gasteiger partial charge < -0.3 is 26.0 Å². The van der Waals surface area contributed by atoms with E-state index < -0.39 is 39.8 Å². The Balaban J connectivity index is 0.00000336. The summed E-state index contributed by atoms with van der Waals surface area (Å²) in [6, 6.07) is 6.78. The Labute approximate surface area is 229 Å². The maximum Gasteiger partial charge on any atom is 0.264 e. The molecule has 6 N–H and O–H groups in total. The Morgan fingerprint density at radius 1 is 1.13 bits per heavy atom. The summed E-state index contributed by atoms with van der Waals surface area (Å²) < 4.78 is 26.0. The number of halogens is 1. The molecule has 2 aromatic heterocycles. The van der Waals surface area contributed by atoms with E-state index in [9.17, 15) is 28.5 Å². The highest BCUT2D eigenvalue weighted by molar-refractivity contribution is 7.88. The smallest absolute Gasteiger partial charge is 0.264 e. The quantitative estimate of drug-likeness (QED) is 0.232.